The number of fused-ring (bicyclic) bond motifs is 1. The molecule has 2 amide bonds. The van der Waals surface area contributed by atoms with Crippen molar-refractivity contribution in [1.82, 2.24) is 15.6 Å². The van der Waals surface area contributed by atoms with Crippen LogP contribution in [0, 0.1) is 19.3 Å². The van der Waals surface area contributed by atoms with Gasteiger partial charge in [0.25, 0.3) is 5.56 Å². The molecule has 2 rings (SSSR count). The van der Waals surface area contributed by atoms with Gasteiger partial charge >= 0.3 is 6.03 Å². The predicted molar refractivity (Wildman–Crippen MR) is 98.6 cm³/mol. The van der Waals surface area contributed by atoms with Crippen molar-refractivity contribution in [2.75, 3.05) is 13.1 Å². The minimum absolute atomic E-state index is 0.0445. The van der Waals surface area contributed by atoms with E-state index in [1.165, 1.54) is 0 Å². The molecule has 3 N–H and O–H groups in total. The molecule has 0 aliphatic carbocycles. The fourth-order valence-electron chi connectivity index (χ4n) is 2.47. The molecule has 0 aliphatic rings. The second-order valence-electron chi connectivity index (χ2n) is 7.52. The first-order valence-corrected chi connectivity index (χ1v) is 8.31. The highest BCUT2D eigenvalue weighted by Crippen LogP contribution is 2.18. The van der Waals surface area contributed by atoms with Crippen LogP contribution >= 0.6 is 0 Å². The molecule has 0 fully saturated rings. The van der Waals surface area contributed by atoms with Gasteiger partial charge in [-0.15, -0.1) is 0 Å². The van der Waals surface area contributed by atoms with Gasteiger partial charge in [-0.05, 0) is 48.3 Å². The largest absolute Gasteiger partial charge is 0.338 e. The van der Waals surface area contributed by atoms with E-state index in [4.69, 9.17) is 0 Å². The number of nitrogens with one attached hydrogen (secondary N) is 3. The van der Waals surface area contributed by atoms with Gasteiger partial charge in [-0.25, -0.2) is 4.79 Å². The lowest BCUT2D eigenvalue weighted by Crippen LogP contribution is -2.40. The number of hydrogen-bond donors (Lipinski definition) is 3. The summed E-state index contributed by atoms with van der Waals surface area (Å²) in [7, 11) is 0. The smallest absolute Gasteiger partial charge is 0.314 e. The van der Waals surface area contributed by atoms with Crippen molar-refractivity contribution in [3.63, 3.8) is 0 Å². The summed E-state index contributed by atoms with van der Waals surface area (Å²) in [6, 6.07) is 5.78. The first-order chi connectivity index (χ1) is 11.2. The Morgan fingerprint density at radius 2 is 1.88 bits per heavy atom. The second kappa shape index (κ2) is 7.07. The summed E-state index contributed by atoms with van der Waals surface area (Å²) >= 11 is 0. The van der Waals surface area contributed by atoms with E-state index in [-0.39, 0.29) is 17.0 Å². The quantitative estimate of drug-likeness (QED) is 0.806. The van der Waals surface area contributed by atoms with Gasteiger partial charge < -0.3 is 15.6 Å². The molecule has 1 heterocycles. The molecular formula is C19H27N3O2. The number of aryl methyl sites for hydroxylation is 2. The van der Waals surface area contributed by atoms with Gasteiger partial charge in [0, 0.05) is 18.7 Å². The highest BCUT2D eigenvalue weighted by atomic mass is 16.2. The maximum atomic E-state index is 12.2. The fourth-order valence-corrected chi connectivity index (χ4v) is 2.47. The van der Waals surface area contributed by atoms with Crippen LogP contribution in [0.4, 0.5) is 4.79 Å². The van der Waals surface area contributed by atoms with Crippen molar-refractivity contribution in [3.05, 3.63) is 45.2 Å². The monoisotopic (exact) mass is 329 g/mol. The van der Waals surface area contributed by atoms with Gasteiger partial charge in [-0.1, -0.05) is 32.9 Å². The third-order valence-corrected chi connectivity index (χ3v) is 4.09. The number of aromatic nitrogens is 1. The summed E-state index contributed by atoms with van der Waals surface area (Å²) in [6.07, 6.45) is 0.501. The number of H-pyrrole nitrogens is 1. The Labute approximate surface area is 142 Å². The highest BCUT2D eigenvalue weighted by Gasteiger charge is 2.12. The van der Waals surface area contributed by atoms with Crippen molar-refractivity contribution in [1.29, 1.82) is 0 Å². The van der Waals surface area contributed by atoms with Gasteiger partial charge in [0.1, 0.15) is 0 Å². The van der Waals surface area contributed by atoms with Crippen LogP contribution < -0.4 is 16.2 Å². The van der Waals surface area contributed by atoms with Gasteiger partial charge in [-0.3, -0.25) is 4.79 Å². The molecule has 1 aromatic carbocycles. The van der Waals surface area contributed by atoms with Crippen LogP contribution in [0.3, 0.4) is 0 Å². The summed E-state index contributed by atoms with van der Waals surface area (Å²) < 4.78 is 0. The molecule has 0 atom stereocenters. The molecule has 1 aromatic heterocycles. The van der Waals surface area contributed by atoms with Crippen molar-refractivity contribution in [3.8, 4) is 0 Å². The molecular weight excluding hydrogens is 302 g/mol. The third-order valence-electron chi connectivity index (χ3n) is 4.09. The van der Waals surface area contributed by atoms with E-state index in [1.807, 2.05) is 26.0 Å². The molecule has 0 spiro atoms. The third kappa shape index (κ3) is 4.60. The maximum absolute atomic E-state index is 12.2. The van der Waals surface area contributed by atoms with E-state index < -0.39 is 0 Å². The van der Waals surface area contributed by atoms with Gasteiger partial charge in [-0.2, -0.15) is 0 Å². The number of amides is 2. The molecule has 0 aliphatic heterocycles. The first-order valence-electron chi connectivity index (χ1n) is 8.31. The zero-order valence-electron chi connectivity index (χ0n) is 15.2. The molecule has 5 heteroatoms. The van der Waals surface area contributed by atoms with Crippen LogP contribution in [-0.2, 0) is 6.42 Å². The average Bonchev–Trinajstić information content (AvgIpc) is 2.50. The van der Waals surface area contributed by atoms with E-state index in [0.717, 1.165) is 22.0 Å². The SMILES string of the molecule is Cc1ccc2cc(CCNC(=O)NCC(C)(C)C)c(=O)[nH]c2c1C. The number of carbonyl (C=O) groups excluding carboxylic acids is 1. The van der Waals surface area contributed by atoms with Gasteiger partial charge in [0.05, 0.1) is 5.52 Å². The zero-order chi connectivity index (χ0) is 17.9. The van der Waals surface area contributed by atoms with E-state index in [9.17, 15) is 9.59 Å². The summed E-state index contributed by atoms with van der Waals surface area (Å²) in [5.74, 6) is 0. The fraction of sp³-hybridized carbons (Fsp3) is 0.474. The number of rotatable bonds is 4. The van der Waals surface area contributed by atoms with E-state index >= 15 is 0 Å². The van der Waals surface area contributed by atoms with Crippen molar-refractivity contribution in [2.24, 2.45) is 5.41 Å². The second-order valence-corrected chi connectivity index (χ2v) is 7.52. The number of pyridine rings is 1. The molecule has 130 valence electrons. The first kappa shape index (κ1) is 18.0. The number of aromatic amines is 1. The summed E-state index contributed by atoms with van der Waals surface area (Å²) in [4.78, 5) is 27.0. The Kier molecular flexibility index (Phi) is 5.32. The molecule has 24 heavy (non-hydrogen) atoms. The van der Waals surface area contributed by atoms with E-state index in [2.05, 4.69) is 42.5 Å². The van der Waals surface area contributed by atoms with Crippen LogP contribution in [0.5, 0.6) is 0 Å². The molecule has 0 saturated heterocycles. The Bertz CT molecular complexity index is 801. The van der Waals surface area contributed by atoms with Crippen LogP contribution in [0.15, 0.2) is 23.0 Å². The molecule has 2 aromatic rings. The standard InChI is InChI=1S/C19H27N3O2/c1-12-6-7-14-10-15(17(23)22-16(14)13(12)2)8-9-20-18(24)21-11-19(3,4)5/h6-7,10H,8-9,11H2,1-5H3,(H,22,23)(H2,20,21,24). The summed E-state index contributed by atoms with van der Waals surface area (Å²) in [5.41, 5.74) is 3.77. The van der Waals surface area contributed by atoms with E-state index in [1.54, 1.807) is 0 Å². The Hall–Kier alpha value is -2.30. The lowest BCUT2D eigenvalue weighted by Gasteiger charge is -2.18. The molecule has 0 bridgehead atoms. The number of hydrogen-bond acceptors (Lipinski definition) is 2. The van der Waals surface area contributed by atoms with Gasteiger partial charge in [0.2, 0.25) is 0 Å². The maximum Gasteiger partial charge on any atom is 0.314 e. The van der Waals surface area contributed by atoms with Crippen LogP contribution in [0.25, 0.3) is 10.9 Å². The van der Waals surface area contributed by atoms with Crippen molar-refractivity contribution in [2.45, 2.75) is 41.0 Å². The summed E-state index contributed by atoms with van der Waals surface area (Å²) in [5, 5.41) is 6.65. The highest BCUT2D eigenvalue weighted by molar-refractivity contribution is 5.83. The number of benzene rings is 1. The summed E-state index contributed by atoms with van der Waals surface area (Å²) in [6.45, 7) is 11.3. The van der Waals surface area contributed by atoms with Crippen molar-refractivity contribution >= 4 is 16.9 Å². The zero-order valence-corrected chi connectivity index (χ0v) is 15.2. The lowest BCUT2D eigenvalue weighted by molar-refractivity contribution is 0.235. The van der Waals surface area contributed by atoms with Gasteiger partial charge in [0.15, 0.2) is 0 Å². The van der Waals surface area contributed by atoms with Crippen molar-refractivity contribution < 1.29 is 4.79 Å². The predicted octanol–water partition coefficient (Wildman–Crippen LogP) is 3.03. The average molecular weight is 329 g/mol. The minimum Gasteiger partial charge on any atom is -0.338 e. The van der Waals surface area contributed by atoms with E-state index in [0.29, 0.717) is 25.1 Å². The topological polar surface area (TPSA) is 74.0 Å². The number of carbonyl (C=O) groups is 1. The minimum atomic E-state index is -0.200. The Balaban J connectivity index is 2.01. The molecule has 5 nitrogen and oxygen atoms in total. The normalized spacial score (nSPS) is 11.5. The molecule has 0 saturated carbocycles. The molecule has 0 unspecified atom stereocenters. The molecule has 0 radical (unpaired) electrons. The van der Waals surface area contributed by atoms with Crippen LogP contribution in [0.2, 0.25) is 0 Å². The lowest BCUT2D eigenvalue weighted by atomic mass is 9.97. The number of urea groups is 1. The Morgan fingerprint density at radius 3 is 2.54 bits per heavy atom. The van der Waals surface area contributed by atoms with Crippen LogP contribution in [0.1, 0.15) is 37.5 Å². The Morgan fingerprint density at radius 1 is 1.17 bits per heavy atom. The van der Waals surface area contributed by atoms with Crippen LogP contribution in [-0.4, -0.2) is 24.1 Å².